The van der Waals surface area contributed by atoms with Gasteiger partial charge in [0.2, 0.25) is 0 Å². The number of aliphatic hydroxyl groups excluding tert-OH is 9. The molecule has 6 atom stereocenters. The molecular weight excluding hydrogens is 582 g/mol. The molecule has 1 aromatic rings. The standard InChI is InChI=1S/C21H33N3O18/c25-4-13(31)16(34)40-7-10(28)1-22-19(37)23(2-11(29)8-41-17(35)14(32)5-26)21(39)24(20(22)38)3-12(30)9-42-18(36)15(33)6-27/h10-15,25-33H,1-9H2. The van der Waals surface area contributed by atoms with Crippen molar-refractivity contribution < 1.29 is 74.6 Å². The Labute approximate surface area is 234 Å². The zero-order valence-electron chi connectivity index (χ0n) is 21.9. The molecule has 0 aliphatic carbocycles. The van der Waals surface area contributed by atoms with Crippen LogP contribution in [0.25, 0.3) is 0 Å². The van der Waals surface area contributed by atoms with Crippen molar-refractivity contribution in [2.24, 2.45) is 0 Å². The first-order valence-electron chi connectivity index (χ1n) is 12.0. The summed E-state index contributed by atoms with van der Waals surface area (Å²) in [6, 6.07) is 0. The second kappa shape index (κ2) is 17.4. The molecule has 0 saturated carbocycles. The van der Waals surface area contributed by atoms with E-state index in [-0.39, 0.29) is 13.7 Å². The lowest BCUT2D eigenvalue weighted by Gasteiger charge is -2.20. The van der Waals surface area contributed by atoms with Crippen molar-refractivity contribution in [3.8, 4) is 0 Å². The molecule has 0 bridgehead atoms. The summed E-state index contributed by atoms with van der Waals surface area (Å²) in [7, 11) is 0. The summed E-state index contributed by atoms with van der Waals surface area (Å²) >= 11 is 0. The number of hydrogen-bond acceptors (Lipinski definition) is 18. The zero-order valence-corrected chi connectivity index (χ0v) is 21.9. The molecule has 0 amide bonds. The predicted molar refractivity (Wildman–Crippen MR) is 129 cm³/mol. The average molecular weight is 615 g/mol. The van der Waals surface area contributed by atoms with Crippen LogP contribution < -0.4 is 17.1 Å². The summed E-state index contributed by atoms with van der Waals surface area (Å²) in [5, 5.41) is 84.5. The summed E-state index contributed by atoms with van der Waals surface area (Å²) in [5.74, 6) is -4.04. The lowest BCUT2D eigenvalue weighted by Crippen LogP contribution is -2.57. The van der Waals surface area contributed by atoms with Crippen molar-refractivity contribution in [1.29, 1.82) is 0 Å². The molecule has 1 aromatic heterocycles. The molecule has 0 spiro atoms. The summed E-state index contributed by atoms with van der Waals surface area (Å²) in [4.78, 5) is 73.4. The average Bonchev–Trinajstić information content (AvgIpc) is 2.98. The van der Waals surface area contributed by atoms with E-state index >= 15 is 0 Å². The Hall–Kier alpha value is -3.54. The van der Waals surface area contributed by atoms with Crippen LogP contribution in [0.1, 0.15) is 0 Å². The van der Waals surface area contributed by atoms with Gasteiger partial charge < -0.3 is 60.2 Å². The second-order valence-corrected chi connectivity index (χ2v) is 8.63. The van der Waals surface area contributed by atoms with Crippen LogP contribution in [0.3, 0.4) is 0 Å². The Balaban J connectivity index is 3.32. The van der Waals surface area contributed by atoms with Crippen LogP contribution in [-0.2, 0) is 48.2 Å². The minimum Gasteiger partial charge on any atom is -0.461 e. The van der Waals surface area contributed by atoms with Gasteiger partial charge in [-0.25, -0.2) is 42.5 Å². The number of hydrogen-bond donors (Lipinski definition) is 9. The molecule has 0 aromatic carbocycles. The van der Waals surface area contributed by atoms with Gasteiger partial charge in [-0.15, -0.1) is 0 Å². The summed E-state index contributed by atoms with van der Waals surface area (Å²) in [5.41, 5.74) is -4.31. The fourth-order valence-electron chi connectivity index (χ4n) is 2.99. The first-order valence-corrected chi connectivity index (χ1v) is 12.0. The Kier molecular flexibility index (Phi) is 15.1. The topological polar surface area (TPSA) is 327 Å². The molecule has 21 nitrogen and oxygen atoms in total. The third kappa shape index (κ3) is 10.7. The lowest BCUT2D eigenvalue weighted by atomic mass is 10.3. The van der Waals surface area contributed by atoms with Crippen LogP contribution in [0.2, 0.25) is 0 Å². The van der Waals surface area contributed by atoms with E-state index in [4.69, 9.17) is 15.3 Å². The molecular formula is C21H33N3O18. The van der Waals surface area contributed by atoms with Gasteiger partial charge in [0.1, 0.15) is 38.1 Å². The molecule has 9 N–H and O–H groups in total. The number of esters is 3. The van der Waals surface area contributed by atoms with E-state index in [2.05, 4.69) is 14.2 Å². The number of carbonyl (C=O) groups excluding carboxylic acids is 3. The molecule has 0 saturated heterocycles. The van der Waals surface area contributed by atoms with Crippen molar-refractivity contribution in [2.75, 3.05) is 39.6 Å². The van der Waals surface area contributed by atoms with Gasteiger partial charge in [0.25, 0.3) is 0 Å². The maximum atomic E-state index is 13.0. The van der Waals surface area contributed by atoms with Gasteiger partial charge in [0.15, 0.2) is 18.3 Å². The molecule has 1 heterocycles. The molecule has 1 rings (SSSR count). The Morgan fingerprint density at radius 1 is 0.500 bits per heavy atom. The highest BCUT2D eigenvalue weighted by Gasteiger charge is 2.25. The number of aliphatic hydroxyl groups is 9. The van der Waals surface area contributed by atoms with Gasteiger partial charge in [0, 0.05) is 0 Å². The van der Waals surface area contributed by atoms with Crippen molar-refractivity contribution in [2.45, 2.75) is 56.3 Å². The van der Waals surface area contributed by atoms with Crippen LogP contribution in [0.5, 0.6) is 0 Å². The van der Waals surface area contributed by atoms with E-state index in [0.717, 1.165) is 0 Å². The van der Waals surface area contributed by atoms with Crippen LogP contribution in [0.4, 0.5) is 0 Å². The van der Waals surface area contributed by atoms with E-state index in [1.807, 2.05) is 0 Å². The predicted octanol–water partition coefficient (Wildman–Crippen LogP) is -9.06. The number of ether oxygens (including phenoxy) is 3. The van der Waals surface area contributed by atoms with Crippen molar-refractivity contribution in [1.82, 2.24) is 13.7 Å². The maximum absolute atomic E-state index is 13.0. The monoisotopic (exact) mass is 615 g/mol. The van der Waals surface area contributed by atoms with Crippen molar-refractivity contribution >= 4 is 17.9 Å². The molecule has 0 radical (unpaired) electrons. The third-order valence-electron chi connectivity index (χ3n) is 5.15. The SMILES string of the molecule is O=C(OCC(O)Cn1c(=O)n(CC(O)COC(=O)C(O)CO)c(=O)n(CC(O)COC(=O)C(O)CO)c1=O)C(O)CO. The van der Waals surface area contributed by atoms with E-state index < -0.39 is 131 Å². The smallest absolute Gasteiger partial charge is 0.337 e. The number of nitrogens with zero attached hydrogens (tertiary/aromatic N) is 3. The molecule has 0 aliphatic heterocycles. The Bertz CT molecular complexity index is 1050. The molecule has 0 aliphatic rings. The van der Waals surface area contributed by atoms with Gasteiger partial charge in [-0.3, -0.25) is 0 Å². The lowest BCUT2D eigenvalue weighted by molar-refractivity contribution is -0.159. The minimum atomic E-state index is -1.94. The summed E-state index contributed by atoms with van der Waals surface area (Å²) < 4.78 is 14.4. The number of carbonyl (C=O) groups is 3. The van der Waals surface area contributed by atoms with E-state index in [9.17, 15) is 59.4 Å². The first kappa shape index (κ1) is 36.5. The highest BCUT2D eigenvalue weighted by molar-refractivity contribution is 5.75. The summed E-state index contributed by atoms with van der Waals surface area (Å²) in [6.07, 6.45) is -11.3. The van der Waals surface area contributed by atoms with Gasteiger partial charge in [-0.1, -0.05) is 0 Å². The van der Waals surface area contributed by atoms with Gasteiger partial charge >= 0.3 is 35.0 Å². The first-order chi connectivity index (χ1) is 19.7. The largest absolute Gasteiger partial charge is 0.461 e. The normalized spacial score (nSPS) is 15.6. The van der Waals surface area contributed by atoms with Gasteiger partial charge in [-0.2, -0.15) is 0 Å². The Morgan fingerprint density at radius 3 is 0.905 bits per heavy atom. The van der Waals surface area contributed by atoms with Crippen molar-refractivity contribution in [3.05, 3.63) is 31.5 Å². The zero-order chi connectivity index (χ0) is 32.1. The fourth-order valence-corrected chi connectivity index (χ4v) is 2.99. The highest BCUT2D eigenvalue weighted by Crippen LogP contribution is 1.97. The van der Waals surface area contributed by atoms with Crippen LogP contribution in [0.15, 0.2) is 14.4 Å². The molecule has 240 valence electrons. The van der Waals surface area contributed by atoms with Gasteiger partial charge in [-0.05, 0) is 0 Å². The van der Waals surface area contributed by atoms with E-state index in [0.29, 0.717) is 0 Å². The molecule has 6 unspecified atom stereocenters. The van der Waals surface area contributed by atoms with Crippen LogP contribution >= 0.6 is 0 Å². The number of aromatic nitrogens is 3. The van der Waals surface area contributed by atoms with Gasteiger partial charge in [0.05, 0.1) is 39.5 Å². The second-order valence-electron chi connectivity index (χ2n) is 8.63. The van der Waals surface area contributed by atoms with E-state index in [1.54, 1.807) is 0 Å². The van der Waals surface area contributed by atoms with Crippen LogP contribution in [0, 0.1) is 0 Å². The Morgan fingerprint density at radius 2 is 0.714 bits per heavy atom. The van der Waals surface area contributed by atoms with Crippen LogP contribution in [-0.4, -0.2) is 154 Å². The number of rotatable bonds is 18. The quantitative estimate of drug-likeness (QED) is 0.0546. The minimum absolute atomic E-state index is 0.241. The summed E-state index contributed by atoms with van der Waals surface area (Å²) in [6.45, 7) is -8.59. The highest BCUT2D eigenvalue weighted by atomic mass is 16.6. The molecule has 21 heteroatoms. The molecule has 42 heavy (non-hydrogen) atoms. The molecule has 0 fully saturated rings. The fraction of sp³-hybridized carbons (Fsp3) is 0.714. The third-order valence-corrected chi connectivity index (χ3v) is 5.15. The maximum Gasteiger partial charge on any atom is 0.337 e. The van der Waals surface area contributed by atoms with Crippen molar-refractivity contribution in [3.63, 3.8) is 0 Å². The van der Waals surface area contributed by atoms with E-state index in [1.165, 1.54) is 0 Å².